The van der Waals surface area contributed by atoms with Crippen LogP contribution >= 0.6 is 7.92 Å². The molecule has 80 valence electrons. The minimum atomic E-state index is -3.92. The summed E-state index contributed by atoms with van der Waals surface area (Å²) in [5.74, 6) is 0. The van der Waals surface area contributed by atoms with Gasteiger partial charge in [0.15, 0.2) is 0 Å². The topological polar surface area (TPSA) is 57.2 Å². The molecular weight excluding hydrogens is 219 g/mol. The lowest BCUT2D eigenvalue weighted by Crippen LogP contribution is -1.95. The number of hydrogen-bond acceptors (Lipinski definition) is 3. The molecule has 1 aromatic carbocycles. The van der Waals surface area contributed by atoms with Crippen molar-refractivity contribution in [2.75, 3.05) is 19.6 Å². The van der Waals surface area contributed by atoms with Crippen LogP contribution in [-0.4, -0.2) is 32.6 Å². The molecule has 0 aliphatic rings. The maximum Gasteiger partial charge on any atom is 0.0916 e. The summed E-state index contributed by atoms with van der Waals surface area (Å²) in [7, 11) is -4.13. The van der Waals surface area contributed by atoms with Crippen LogP contribution in [0.2, 0.25) is 0 Å². The summed E-state index contributed by atoms with van der Waals surface area (Å²) in [4.78, 5) is 0. The van der Waals surface area contributed by atoms with E-state index in [1.807, 2.05) is 0 Å². The predicted molar refractivity (Wildman–Crippen MR) is 61.9 cm³/mol. The fourth-order valence-electron chi connectivity index (χ4n) is 0.771. The van der Waals surface area contributed by atoms with Crippen LogP contribution in [-0.2, 0) is 10.1 Å². The van der Waals surface area contributed by atoms with Crippen LogP contribution in [0.25, 0.3) is 0 Å². The first-order chi connectivity index (χ1) is 6.30. The van der Waals surface area contributed by atoms with E-state index < -0.39 is 10.1 Å². The third-order valence-electron chi connectivity index (χ3n) is 1.35. The molecule has 0 amide bonds. The zero-order chi connectivity index (χ0) is 11.2. The highest BCUT2D eigenvalue weighted by atomic mass is 32.2. The van der Waals surface area contributed by atoms with Crippen molar-refractivity contribution in [2.45, 2.75) is 0 Å². The monoisotopic (exact) mass is 234 g/mol. The zero-order valence-electron chi connectivity index (χ0n) is 8.52. The van der Waals surface area contributed by atoms with Crippen molar-refractivity contribution in [3.63, 3.8) is 0 Å². The summed E-state index contributed by atoms with van der Waals surface area (Å²) in [5, 5.41) is 1.52. The molecule has 0 heterocycles. The minimum Gasteiger partial charge on any atom is -0.748 e. The molecule has 0 atom stereocenters. The summed E-state index contributed by atoms with van der Waals surface area (Å²) in [6.45, 7) is 4.61. The maximum atomic E-state index is 9.08. The fraction of sp³-hybridized carbons (Fsp3) is 0.333. The van der Waals surface area contributed by atoms with Crippen molar-refractivity contribution < 1.29 is 13.0 Å². The Balaban J connectivity index is 0.000000292. The Bertz CT molecular complexity index is 338. The van der Waals surface area contributed by atoms with E-state index in [1.165, 1.54) is 5.30 Å². The fourth-order valence-corrected chi connectivity index (χ4v) is 1.63. The van der Waals surface area contributed by atoms with Gasteiger partial charge in [-0.2, -0.15) is 0 Å². The van der Waals surface area contributed by atoms with Crippen LogP contribution in [0.5, 0.6) is 0 Å². The Labute approximate surface area is 86.7 Å². The molecule has 14 heavy (non-hydrogen) atoms. The molecule has 0 N–H and O–H groups in total. The number of rotatable bonds is 1. The SMILES string of the molecule is CS(=O)(=O)[O-].C[PH+](C)c1ccccc1. The average Bonchev–Trinajstić information content (AvgIpc) is 2.03. The van der Waals surface area contributed by atoms with Crippen molar-refractivity contribution in [2.24, 2.45) is 0 Å². The summed E-state index contributed by atoms with van der Waals surface area (Å²) in [5.41, 5.74) is 0. The van der Waals surface area contributed by atoms with E-state index in [4.69, 9.17) is 13.0 Å². The van der Waals surface area contributed by atoms with Crippen LogP contribution in [0.4, 0.5) is 0 Å². The quantitative estimate of drug-likeness (QED) is 0.537. The first kappa shape index (κ1) is 13.6. The highest BCUT2D eigenvalue weighted by Gasteiger charge is 2.01. The van der Waals surface area contributed by atoms with E-state index >= 15 is 0 Å². The summed E-state index contributed by atoms with van der Waals surface area (Å²) in [6.07, 6.45) is 0.604. The van der Waals surface area contributed by atoms with Gasteiger partial charge in [0.1, 0.15) is 0 Å². The van der Waals surface area contributed by atoms with Gasteiger partial charge in [-0.05, 0) is 12.1 Å². The van der Waals surface area contributed by atoms with Crippen molar-refractivity contribution in [3.8, 4) is 0 Å². The Morgan fingerprint density at radius 2 is 1.50 bits per heavy atom. The van der Waals surface area contributed by atoms with Crippen LogP contribution in [0.3, 0.4) is 0 Å². The molecule has 3 nitrogen and oxygen atoms in total. The molecule has 0 fully saturated rings. The van der Waals surface area contributed by atoms with Gasteiger partial charge < -0.3 is 4.55 Å². The smallest absolute Gasteiger partial charge is 0.0916 e. The molecule has 0 spiro atoms. The Morgan fingerprint density at radius 3 is 1.71 bits per heavy atom. The third-order valence-corrected chi connectivity index (χ3v) is 2.84. The lowest BCUT2D eigenvalue weighted by molar-refractivity contribution is 0.470. The molecule has 1 aromatic rings. The van der Waals surface area contributed by atoms with Crippen molar-refractivity contribution in [1.29, 1.82) is 0 Å². The van der Waals surface area contributed by atoms with Crippen molar-refractivity contribution >= 4 is 23.3 Å². The van der Waals surface area contributed by atoms with Gasteiger partial charge >= 0.3 is 0 Å². The van der Waals surface area contributed by atoms with E-state index in [1.54, 1.807) is 0 Å². The van der Waals surface area contributed by atoms with Crippen LogP contribution < -0.4 is 5.30 Å². The summed E-state index contributed by atoms with van der Waals surface area (Å²) in [6, 6.07) is 10.7. The maximum absolute atomic E-state index is 9.08. The largest absolute Gasteiger partial charge is 0.748 e. The first-order valence-corrected chi connectivity index (χ1v) is 8.39. The molecule has 0 saturated carbocycles. The number of hydrogen-bond donors (Lipinski definition) is 0. The second-order valence-corrected chi connectivity index (χ2v) is 7.06. The molecule has 0 saturated heterocycles. The third kappa shape index (κ3) is 9.65. The van der Waals surface area contributed by atoms with E-state index in [0.717, 1.165) is 0 Å². The van der Waals surface area contributed by atoms with E-state index in [0.29, 0.717) is 6.26 Å². The molecule has 5 heteroatoms. The summed E-state index contributed by atoms with van der Waals surface area (Å²) >= 11 is 0. The molecular formula is C9H15O3PS. The van der Waals surface area contributed by atoms with Gasteiger partial charge in [0.05, 0.1) is 28.8 Å². The van der Waals surface area contributed by atoms with Crippen LogP contribution in [0.1, 0.15) is 0 Å². The van der Waals surface area contributed by atoms with Gasteiger partial charge in [0.25, 0.3) is 0 Å². The Hall–Kier alpha value is -0.440. The number of benzene rings is 1. The Morgan fingerprint density at radius 1 is 1.14 bits per heavy atom. The van der Waals surface area contributed by atoms with Gasteiger partial charge in [-0.25, -0.2) is 8.42 Å². The zero-order valence-corrected chi connectivity index (χ0v) is 10.3. The van der Waals surface area contributed by atoms with E-state index in [2.05, 4.69) is 43.7 Å². The first-order valence-electron chi connectivity index (χ1n) is 4.07. The highest BCUT2D eigenvalue weighted by Crippen LogP contribution is 2.22. The molecule has 0 aliphatic heterocycles. The van der Waals surface area contributed by atoms with Gasteiger partial charge in [0, 0.05) is 14.2 Å². The summed E-state index contributed by atoms with van der Waals surface area (Å²) < 4.78 is 27.2. The molecule has 0 radical (unpaired) electrons. The van der Waals surface area contributed by atoms with Crippen LogP contribution in [0, 0.1) is 0 Å². The van der Waals surface area contributed by atoms with Crippen LogP contribution in [0.15, 0.2) is 30.3 Å². The van der Waals surface area contributed by atoms with Gasteiger partial charge in [-0.3, -0.25) is 0 Å². The van der Waals surface area contributed by atoms with Gasteiger partial charge in [-0.1, -0.05) is 18.2 Å². The molecule has 0 unspecified atom stereocenters. The van der Waals surface area contributed by atoms with Gasteiger partial charge in [0.2, 0.25) is 0 Å². The molecule has 1 rings (SSSR count). The molecule has 0 aromatic heterocycles. The lowest BCUT2D eigenvalue weighted by Gasteiger charge is -1.94. The predicted octanol–water partition coefficient (Wildman–Crippen LogP) is 0.947. The average molecular weight is 234 g/mol. The van der Waals surface area contributed by atoms with Gasteiger partial charge in [-0.15, -0.1) is 0 Å². The lowest BCUT2D eigenvalue weighted by atomic mass is 10.4. The molecule has 0 aliphatic carbocycles. The minimum absolute atomic E-state index is 0.212. The molecule has 0 bridgehead atoms. The highest BCUT2D eigenvalue weighted by molar-refractivity contribution is 7.84. The second kappa shape index (κ2) is 6.12. The van der Waals surface area contributed by atoms with Crippen molar-refractivity contribution in [1.82, 2.24) is 0 Å². The van der Waals surface area contributed by atoms with E-state index in [9.17, 15) is 0 Å². The standard InChI is InChI=1S/C8H11P.CH4O3S/c1-9(2)8-6-4-3-5-7-8;1-5(2,3)4/h3-7H,1-2H3;1H3,(H,2,3,4). The second-order valence-electron chi connectivity index (χ2n) is 3.07. The van der Waals surface area contributed by atoms with E-state index in [-0.39, 0.29) is 7.92 Å². The van der Waals surface area contributed by atoms with Crippen molar-refractivity contribution in [3.05, 3.63) is 30.3 Å². The Kier molecular flexibility index (Phi) is 5.93. The normalized spacial score (nSPS) is 10.6.